The number of fused-ring (bicyclic) bond motifs is 1. The molecule has 0 amide bonds. The molecule has 1 N–H and O–H groups in total. The van der Waals surface area contributed by atoms with E-state index < -0.39 is 5.82 Å². The maximum Gasteiger partial charge on any atom is 0.243 e. The Bertz CT molecular complexity index is 729. The highest BCUT2D eigenvalue weighted by Gasteiger charge is 2.16. The topological polar surface area (TPSA) is 68.2 Å². The van der Waals surface area contributed by atoms with Crippen LogP contribution >= 0.6 is 27.5 Å². The summed E-state index contributed by atoms with van der Waals surface area (Å²) in [7, 11) is 0. The summed E-state index contributed by atoms with van der Waals surface area (Å²) in [5.41, 5.74) is 0.874. The Morgan fingerprint density at radius 3 is 3.11 bits per heavy atom. The van der Waals surface area contributed by atoms with Gasteiger partial charge in [0.05, 0.1) is 11.0 Å². The molecule has 6 nitrogen and oxygen atoms in total. The maximum atomic E-state index is 14.0. The van der Waals surface area contributed by atoms with Crippen LogP contribution in [0.25, 0.3) is 5.52 Å². The zero-order chi connectivity index (χ0) is 13.4. The Hall–Kier alpha value is -1.67. The van der Waals surface area contributed by atoms with Crippen LogP contribution in [0.3, 0.4) is 0 Å². The fourth-order valence-corrected chi connectivity index (χ4v) is 2.16. The van der Waals surface area contributed by atoms with E-state index in [1.807, 2.05) is 0 Å². The van der Waals surface area contributed by atoms with E-state index in [-0.39, 0.29) is 21.1 Å². The van der Waals surface area contributed by atoms with Gasteiger partial charge in [0.2, 0.25) is 5.28 Å². The van der Waals surface area contributed by atoms with E-state index in [2.05, 4.69) is 36.5 Å². The van der Waals surface area contributed by atoms with Crippen molar-refractivity contribution in [3.63, 3.8) is 0 Å². The molecule has 0 bridgehead atoms. The van der Waals surface area contributed by atoms with E-state index in [0.717, 1.165) is 0 Å². The summed E-state index contributed by atoms with van der Waals surface area (Å²) in [4.78, 5) is 3.98. The Labute approximate surface area is 119 Å². The van der Waals surface area contributed by atoms with Crippen molar-refractivity contribution in [3.05, 3.63) is 39.8 Å². The molecule has 0 saturated carbocycles. The third-order valence-corrected chi connectivity index (χ3v) is 3.14. The summed E-state index contributed by atoms with van der Waals surface area (Å²) in [5.74, 6) is -0.175. The second-order valence-corrected chi connectivity index (χ2v) is 4.85. The van der Waals surface area contributed by atoms with Crippen molar-refractivity contribution in [3.8, 4) is 0 Å². The molecule has 0 spiro atoms. The molecule has 98 valence electrons. The van der Waals surface area contributed by atoms with Crippen molar-refractivity contribution >= 4 is 38.9 Å². The van der Waals surface area contributed by atoms with Gasteiger partial charge in [0.15, 0.2) is 11.6 Å². The van der Waals surface area contributed by atoms with Gasteiger partial charge in [0, 0.05) is 12.3 Å². The number of nitrogens with one attached hydrogen (secondary N) is 1. The van der Waals surface area contributed by atoms with Crippen molar-refractivity contribution in [2.75, 3.05) is 5.32 Å². The number of aromatic nitrogens is 4. The van der Waals surface area contributed by atoms with Gasteiger partial charge in [0.1, 0.15) is 17.5 Å². The van der Waals surface area contributed by atoms with E-state index in [1.165, 1.54) is 17.0 Å². The summed E-state index contributed by atoms with van der Waals surface area (Å²) in [5, 5.41) is 10.6. The van der Waals surface area contributed by atoms with Crippen LogP contribution in [0.15, 0.2) is 27.5 Å². The number of rotatable bonds is 3. The summed E-state index contributed by atoms with van der Waals surface area (Å²) in [6.07, 6.45) is 2.92. The third-order valence-electron chi connectivity index (χ3n) is 2.43. The molecule has 0 aliphatic heterocycles. The first-order valence-electron chi connectivity index (χ1n) is 5.18. The van der Waals surface area contributed by atoms with E-state index in [4.69, 9.17) is 16.1 Å². The van der Waals surface area contributed by atoms with Gasteiger partial charge < -0.3 is 9.84 Å². The van der Waals surface area contributed by atoms with Crippen LogP contribution in [0.4, 0.5) is 10.2 Å². The Balaban J connectivity index is 2.01. The van der Waals surface area contributed by atoms with Gasteiger partial charge in [0.25, 0.3) is 0 Å². The number of hydrogen-bond acceptors (Lipinski definition) is 5. The van der Waals surface area contributed by atoms with E-state index in [1.54, 1.807) is 6.07 Å². The molecule has 0 aliphatic rings. The first-order chi connectivity index (χ1) is 9.15. The van der Waals surface area contributed by atoms with Crippen molar-refractivity contribution in [1.82, 2.24) is 19.8 Å². The zero-order valence-electron chi connectivity index (χ0n) is 9.27. The molecule has 3 aromatic heterocycles. The van der Waals surface area contributed by atoms with Crippen molar-refractivity contribution in [1.29, 1.82) is 0 Å². The van der Waals surface area contributed by atoms with Crippen LogP contribution in [0, 0.1) is 5.82 Å². The second-order valence-electron chi connectivity index (χ2n) is 3.66. The molecule has 0 atom stereocenters. The van der Waals surface area contributed by atoms with Crippen LogP contribution < -0.4 is 5.32 Å². The zero-order valence-corrected chi connectivity index (χ0v) is 11.6. The second kappa shape index (κ2) is 4.78. The first kappa shape index (κ1) is 12.4. The minimum Gasteiger partial charge on any atom is -0.364 e. The number of hydrogen-bond donors (Lipinski definition) is 1. The third kappa shape index (κ3) is 2.28. The average molecular weight is 347 g/mol. The van der Waals surface area contributed by atoms with Gasteiger partial charge in [-0.2, -0.15) is 4.98 Å². The summed E-state index contributed by atoms with van der Waals surface area (Å²) >= 11 is 8.89. The predicted octanol–water partition coefficient (Wildman–Crippen LogP) is 2.88. The Morgan fingerprint density at radius 1 is 1.53 bits per heavy atom. The monoisotopic (exact) mass is 345 g/mol. The predicted molar refractivity (Wildman–Crippen MR) is 69.5 cm³/mol. The first-order valence-corrected chi connectivity index (χ1v) is 6.35. The normalized spacial score (nSPS) is 11.1. The standard InChI is InChI=1S/C10H6BrClFN5O/c11-6-4-18-8(7(6)13)9(15-10(12)16-18)14-3-5-1-2-19-17-5/h1-2,4H,3H2,(H,14,15,16). The molecule has 3 heterocycles. The lowest BCUT2D eigenvalue weighted by atomic mass is 10.4. The van der Waals surface area contributed by atoms with Gasteiger partial charge in [-0.25, -0.2) is 8.91 Å². The van der Waals surface area contributed by atoms with E-state index >= 15 is 0 Å². The van der Waals surface area contributed by atoms with Crippen molar-refractivity contribution in [2.45, 2.75) is 6.54 Å². The fraction of sp³-hybridized carbons (Fsp3) is 0.100. The molecule has 0 aromatic carbocycles. The van der Waals surface area contributed by atoms with E-state index in [0.29, 0.717) is 12.2 Å². The van der Waals surface area contributed by atoms with Crippen LogP contribution in [0.2, 0.25) is 5.28 Å². The molecular formula is C10H6BrClFN5O. The Kier molecular flexibility index (Phi) is 3.11. The lowest BCUT2D eigenvalue weighted by molar-refractivity contribution is 0.412. The van der Waals surface area contributed by atoms with Gasteiger partial charge in [-0.05, 0) is 27.5 Å². The lowest BCUT2D eigenvalue weighted by Gasteiger charge is -2.05. The van der Waals surface area contributed by atoms with Crippen LogP contribution in [-0.2, 0) is 6.54 Å². The van der Waals surface area contributed by atoms with E-state index in [9.17, 15) is 4.39 Å². The highest BCUT2D eigenvalue weighted by molar-refractivity contribution is 9.10. The largest absolute Gasteiger partial charge is 0.364 e. The lowest BCUT2D eigenvalue weighted by Crippen LogP contribution is -2.06. The van der Waals surface area contributed by atoms with Gasteiger partial charge in [-0.15, -0.1) is 5.10 Å². The van der Waals surface area contributed by atoms with Gasteiger partial charge >= 0.3 is 0 Å². The van der Waals surface area contributed by atoms with Crippen molar-refractivity contribution in [2.24, 2.45) is 0 Å². The van der Waals surface area contributed by atoms with Crippen molar-refractivity contribution < 1.29 is 8.91 Å². The molecule has 3 rings (SSSR count). The van der Waals surface area contributed by atoms with Gasteiger partial charge in [-0.3, -0.25) is 0 Å². The minimum absolute atomic E-state index is 0.0117. The smallest absolute Gasteiger partial charge is 0.243 e. The molecule has 9 heteroatoms. The minimum atomic E-state index is -0.459. The molecule has 0 radical (unpaired) electrons. The highest BCUT2D eigenvalue weighted by Crippen LogP contribution is 2.26. The number of halogens is 3. The van der Waals surface area contributed by atoms with Crippen LogP contribution in [-0.4, -0.2) is 19.8 Å². The number of anilines is 1. The summed E-state index contributed by atoms with van der Waals surface area (Å²) < 4.78 is 20.3. The molecular weight excluding hydrogens is 340 g/mol. The molecule has 3 aromatic rings. The molecule has 0 unspecified atom stereocenters. The van der Waals surface area contributed by atoms with Gasteiger partial charge in [-0.1, -0.05) is 5.16 Å². The molecule has 0 fully saturated rings. The maximum absolute atomic E-state index is 14.0. The van der Waals surface area contributed by atoms with Crippen LogP contribution in [0.1, 0.15) is 5.69 Å². The number of nitrogens with zero attached hydrogens (tertiary/aromatic N) is 4. The molecule has 0 saturated heterocycles. The fourth-order valence-electron chi connectivity index (χ4n) is 1.62. The quantitative estimate of drug-likeness (QED) is 0.790. The molecule has 0 aliphatic carbocycles. The Morgan fingerprint density at radius 2 is 2.37 bits per heavy atom. The highest BCUT2D eigenvalue weighted by atomic mass is 79.9. The van der Waals surface area contributed by atoms with Crippen LogP contribution in [0.5, 0.6) is 0 Å². The summed E-state index contributed by atoms with van der Waals surface area (Å²) in [6, 6.07) is 1.69. The average Bonchev–Trinajstić information content (AvgIpc) is 2.96. The summed E-state index contributed by atoms with van der Waals surface area (Å²) in [6.45, 7) is 0.335. The SMILES string of the molecule is Fc1c(Br)cn2nc(Cl)nc(NCc3ccon3)c12. The molecule has 19 heavy (non-hydrogen) atoms.